The lowest BCUT2D eigenvalue weighted by Gasteiger charge is -2.21. The first kappa shape index (κ1) is 10.7. The summed E-state index contributed by atoms with van der Waals surface area (Å²) in [5.41, 5.74) is 10.5. The highest BCUT2D eigenvalue weighted by Gasteiger charge is 2.21. The third kappa shape index (κ3) is 1.96. The first-order valence-corrected chi connectivity index (χ1v) is 6.18. The highest BCUT2D eigenvalue weighted by Crippen LogP contribution is 2.30. The average Bonchev–Trinajstić information content (AvgIpc) is 2.54. The van der Waals surface area contributed by atoms with Gasteiger partial charge in [-0.1, -0.05) is 13.3 Å². The van der Waals surface area contributed by atoms with Crippen LogP contribution in [0.15, 0.2) is 6.07 Å². The lowest BCUT2D eigenvalue weighted by atomic mass is 9.93. The molecule has 1 unspecified atom stereocenters. The second-order valence-corrected chi connectivity index (χ2v) is 4.69. The molecular weight excluding hydrogens is 184 g/mol. The summed E-state index contributed by atoms with van der Waals surface area (Å²) < 4.78 is 2.48. The number of aryl methyl sites for hydroxylation is 1. The van der Waals surface area contributed by atoms with E-state index in [9.17, 15) is 0 Å². The molecule has 0 radical (unpaired) electrons. The lowest BCUT2D eigenvalue weighted by Crippen LogP contribution is -2.18. The van der Waals surface area contributed by atoms with Crippen molar-refractivity contribution in [2.75, 3.05) is 0 Å². The Labute approximate surface area is 92.5 Å². The molecule has 1 atom stereocenters. The maximum atomic E-state index is 6.14. The molecule has 0 bridgehead atoms. The molecule has 1 heterocycles. The van der Waals surface area contributed by atoms with Gasteiger partial charge < -0.3 is 10.3 Å². The van der Waals surface area contributed by atoms with Crippen LogP contribution in [0.25, 0.3) is 0 Å². The Balaban J connectivity index is 2.29. The van der Waals surface area contributed by atoms with Gasteiger partial charge in [0.2, 0.25) is 0 Å². The second-order valence-electron chi connectivity index (χ2n) is 4.69. The Bertz CT molecular complexity index is 339. The van der Waals surface area contributed by atoms with E-state index in [0.717, 1.165) is 6.42 Å². The predicted octanol–water partition coefficient (Wildman–Crippen LogP) is 2.93. The molecule has 1 aliphatic carbocycles. The van der Waals surface area contributed by atoms with Crippen molar-refractivity contribution in [3.05, 3.63) is 23.0 Å². The molecule has 0 amide bonds. The van der Waals surface area contributed by atoms with Gasteiger partial charge >= 0.3 is 0 Å². The molecule has 1 aromatic rings. The van der Waals surface area contributed by atoms with E-state index in [1.54, 1.807) is 0 Å². The summed E-state index contributed by atoms with van der Waals surface area (Å²) in [6, 6.07) is 2.59. The number of unbranched alkanes of at least 4 members (excludes halogenated alkanes) is 1. The Morgan fingerprint density at radius 3 is 3.07 bits per heavy atom. The summed E-state index contributed by atoms with van der Waals surface area (Å²) in [6.45, 7) is 5.63. The Morgan fingerprint density at radius 1 is 1.53 bits per heavy atom. The number of rotatable bonds is 3. The van der Waals surface area contributed by atoms with Gasteiger partial charge in [0, 0.05) is 24.0 Å². The van der Waals surface area contributed by atoms with Crippen molar-refractivity contribution in [1.29, 1.82) is 0 Å². The fourth-order valence-electron chi connectivity index (χ4n) is 2.63. The fraction of sp³-hybridized carbons (Fsp3) is 0.692. The number of hydrogen-bond acceptors (Lipinski definition) is 1. The largest absolute Gasteiger partial charge is 0.349 e. The summed E-state index contributed by atoms with van der Waals surface area (Å²) in [5, 5.41) is 0. The summed E-state index contributed by atoms with van der Waals surface area (Å²) in [7, 11) is 0. The highest BCUT2D eigenvalue weighted by atomic mass is 15.0. The van der Waals surface area contributed by atoms with Gasteiger partial charge in [0.05, 0.1) is 0 Å². The quantitative estimate of drug-likeness (QED) is 0.810. The van der Waals surface area contributed by atoms with Crippen LogP contribution in [0.4, 0.5) is 0 Å². The van der Waals surface area contributed by atoms with Crippen LogP contribution in [0, 0.1) is 6.92 Å². The van der Waals surface area contributed by atoms with Crippen molar-refractivity contribution < 1.29 is 0 Å². The summed E-state index contributed by atoms with van der Waals surface area (Å²) in [6.07, 6.45) is 6.17. The molecule has 1 aromatic heterocycles. The maximum Gasteiger partial charge on any atom is 0.0313 e. The molecule has 1 aliphatic rings. The first-order valence-electron chi connectivity index (χ1n) is 6.18. The van der Waals surface area contributed by atoms with Crippen LogP contribution in [0.2, 0.25) is 0 Å². The third-order valence-corrected chi connectivity index (χ3v) is 3.51. The van der Waals surface area contributed by atoms with Crippen molar-refractivity contribution in [3.8, 4) is 0 Å². The van der Waals surface area contributed by atoms with Gasteiger partial charge in [-0.05, 0) is 44.2 Å². The average molecular weight is 206 g/mol. The van der Waals surface area contributed by atoms with Gasteiger partial charge in [0.25, 0.3) is 0 Å². The van der Waals surface area contributed by atoms with E-state index in [4.69, 9.17) is 5.73 Å². The molecule has 0 spiro atoms. The van der Waals surface area contributed by atoms with Crippen LogP contribution in [0.1, 0.15) is 55.6 Å². The van der Waals surface area contributed by atoms with E-state index in [0.29, 0.717) is 0 Å². The van der Waals surface area contributed by atoms with E-state index >= 15 is 0 Å². The Morgan fingerprint density at radius 2 is 2.33 bits per heavy atom. The van der Waals surface area contributed by atoms with Gasteiger partial charge in [-0.3, -0.25) is 0 Å². The van der Waals surface area contributed by atoms with Crippen LogP contribution in [0.5, 0.6) is 0 Å². The Hall–Kier alpha value is -0.760. The normalized spacial score (nSPS) is 20.3. The zero-order chi connectivity index (χ0) is 10.8. The molecular formula is C13H22N2. The zero-order valence-corrected chi connectivity index (χ0v) is 9.92. The zero-order valence-electron chi connectivity index (χ0n) is 9.92. The second kappa shape index (κ2) is 4.40. The van der Waals surface area contributed by atoms with Gasteiger partial charge in [-0.2, -0.15) is 0 Å². The molecule has 0 saturated carbocycles. The minimum absolute atomic E-state index is 0.287. The van der Waals surface area contributed by atoms with Gasteiger partial charge in [0.15, 0.2) is 0 Å². The minimum atomic E-state index is 0.287. The number of hydrogen-bond donors (Lipinski definition) is 1. The molecule has 84 valence electrons. The minimum Gasteiger partial charge on any atom is -0.349 e. The van der Waals surface area contributed by atoms with E-state index in [1.807, 2.05) is 0 Å². The van der Waals surface area contributed by atoms with Crippen molar-refractivity contribution >= 4 is 0 Å². The molecule has 0 aromatic carbocycles. The van der Waals surface area contributed by atoms with Crippen LogP contribution >= 0.6 is 0 Å². The summed E-state index contributed by atoms with van der Waals surface area (Å²) in [5.74, 6) is 0. The SMILES string of the molecule is CCCCn1c(C)cc2c1CCCC2N. The van der Waals surface area contributed by atoms with Gasteiger partial charge in [0.1, 0.15) is 0 Å². The van der Waals surface area contributed by atoms with Crippen molar-refractivity contribution in [1.82, 2.24) is 4.57 Å². The number of nitrogens with zero attached hydrogens (tertiary/aromatic N) is 1. The summed E-state index contributed by atoms with van der Waals surface area (Å²) >= 11 is 0. The van der Waals surface area contributed by atoms with E-state index in [2.05, 4.69) is 24.5 Å². The van der Waals surface area contributed by atoms with Crippen LogP contribution in [-0.2, 0) is 13.0 Å². The molecule has 0 fully saturated rings. The third-order valence-electron chi connectivity index (χ3n) is 3.51. The molecule has 0 saturated heterocycles. The molecule has 2 N–H and O–H groups in total. The van der Waals surface area contributed by atoms with Crippen LogP contribution < -0.4 is 5.73 Å². The van der Waals surface area contributed by atoms with Gasteiger partial charge in [-0.15, -0.1) is 0 Å². The smallest absolute Gasteiger partial charge is 0.0313 e. The maximum absolute atomic E-state index is 6.14. The molecule has 2 rings (SSSR count). The monoisotopic (exact) mass is 206 g/mol. The number of aromatic nitrogens is 1. The first-order chi connectivity index (χ1) is 7.24. The lowest BCUT2D eigenvalue weighted by molar-refractivity contribution is 0.526. The molecule has 2 nitrogen and oxygen atoms in total. The fourth-order valence-corrected chi connectivity index (χ4v) is 2.63. The van der Waals surface area contributed by atoms with Gasteiger partial charge in [-0.25, -0.2) is 0 Å². The Kier molecular flexibility index (Phi) is 3.15. The van der Waals surface area contributed by atoms with Crippen molar-refractivity contribution in [3.63, 3.8) is 0 Å². The molecule has 0 aliphatic heterocycles. The van der Waals surface area contributed by atoms with Crippen LogP contribution in [-0.4, -0.2) is 4.57 Å². The highest BCUT2D eigenvalue weighted by molar-refractivity contribution is 5.32. The van der Waals surface area contributed by atoms with Crippen LogP contribution in [0.3, 0.4) is 0 Å². The van der Waals surface area contributed by atoms with E-state index < -0.39 is 0 Å². The number of fused-ring (bicyclic) bond motifs is 1. The van der Waals surface area contributed by atoms with Crippen molar-refractivity contribution in [2.45, 2.75) is 58.5 Å². The van der Waals surface area contributed by atoms with E-state index in [-0.39, 0.29) is 6.04 Å². The molecule has 15 heavy (non-hydrogen) atoms. The standard InChI is InChI=1S/C13H22N2/c1-3-4-8-15-10(2)9-11-12(14)6-5-7-13(11)15/h9,12H,3-8,14H2,1-2H3. The molecule has 2 heteroatoms. The predicted molar refractivity (Wildman–Crippen MR) is 63.9 cm³/mol. The number of nitrogens with two attached hydrogens (primary N) is 1. The summed E-state index contributed by atoms with van der Waals surface area (Å²) in [4.78, 5) is 0. The van der Waals surface area contributed by atoms with Crippen molar-refractivity contribution in [2.24, 2.45) is 5.73 Å². The topological polar surface area (TPSA) is 30.9 Å². The van der Waals surface area contributed by atoms with E-state index in [1.165, 1.54) is 49.2 Å².